The number of guanidine groups is 1. The second-order valence-corrected chi connectivity index (χ2v) is 7.50. The molecule has 1 saturated heterocycles. The Morgan fingerprint density at radius 3 is 2.40 bits per heavy atom. The molecule has 2 aromatic rings. The van der Waals surface area contributed by atoms with E-state index in [4.69, 9.17) is 19.2 Å². The molecule has 0 spiro atoms. The van der Waals surface area contributed by atoms with Crippen LogP contribution < -0.4 is 20.1 Å². The fourth-order valence-corrected chi connectivity index (χ4v) is 3.87. The zero-order valence-corrected chi connectivity index (χ0v) is 18.2. The lowest BCUT2D eigenvalue weighted by Crippen LogP contribution is -2.48. The van der Waals surface area contributed by atoms with Crippen LogP contribution in [0, 0.1) is 0 Å². The summed E-state index contributed by atoms with van der Waals surface area (Å²) in [6.07, 6.45) is 2.00. The molecule has 1 aliphatic heterocycles. The monoisotopic (exact) mass is 411 g/mol. The highest BCUT2D eigenvalue weighted by Gasteiger charge is 2.34. The third kappa shape index (κ3) is 5.45. The van der Waals surface area contributed by atoms with Gasteiger partial charge in [0.05, 0.1) is 20.8 Å². The highest BCUT2D eigenvalue weighted by Crippen LogP contribution is 2.34. The second-order valence-electron chi connectivity index (χ2n) is 7.50. The SMILES string of the molecule is CCNC(=NCc1ccc(OC)c(OC)c1)NCC1(c2ccccc2)CCOCC1. The number of methoxy groups -OCH3 is 2. The van der Waals surface area contributed by atoms with Gasteiger partial charge in [0.25, 0.3) is 0 Å². The summed E-state index contributed by atoms with van der Waals surface area (Å²) in [5, 5.41) is 6.94. The number of ether oxygens (including phenoxy) is 3. The molecule has 0 saturated carbocycles. The average Bonchev–Trinajstić information content (AvgIpc) is 2.81. The van der Waals surface area contributed by atoms with E-state index in [-0.39, 0.29) is 5.41 Å². The first-order valence-corrected chi connectivity index (χ1v) is 10.6. The van der Waals surface area contributed by atoms with Crippen LogP contribution in [0.5, 0.6) is 11.5 Å². The van der Waals surface area contributed by atoms with Crippen LogP contribution in [0.3, 0.4) is 0 Å². The normalized spacial score (nSPS) is 16.0. The number of hydrogen-bond acceptors (Lipinski definition) is 4. The predicted octanol–water partition coefficient (Wildman–Crippen LogP) is 3.51. The molecule has 0 aromatic heterocycles. The van der Waals surface area contributed by atoms with Crippen LogP contribution in [0.1, 0.15) is 30.9 Å². The van der Waals surface area contributed by atoms with Gasteiger partial charge in [0.15, 0.2) is 17.5 Å². The van der Waals surface area contributed by atoms with Crippen molar-refractivity contribution < 1.29 is 14.2 Å². The summed E-state index contributed by atoms with van der Waals surface area (Å²) >= 11 is 0. The Bertz CT molecular complexity index is 818. The standard InChI is InChI=1S/C24H33N3O3/c1-4-25-23(26-17-19-10-11-21(28-2)22(16-19)29-3)27-18-24(12-14-30-15-13-24)20-8-6-5-7-9-20/h5-11,16H,4,12-15,17-18H2,1-3H3,(H2,25,26,27). The maximum Gasteiger partial charge on any atom is 0.191 e. The van der Waals surface area contributed by atoms with Crippen molar-refractivity contribution in [1.29, 1.82) is 0 Å². The lowest BCUT2D eigenvalue weighted by Gasteiger charge is -2.38. The fraction of sp³-hybridized carbons (Fsp3) is 0.458. The summed E-state index contributed by atoms with van der Waals surface area (Å²) in [4.78, 5) is 4.79. The van der Waals surface area contributed by atoms with Gasteiger partial charge in [-0.05, 0) is 43.0 Å². The van der Waals surface area contributed by atoms with Crippen molar-refractivity contribution in [2.45, 2.75) is 31.7 Å². The molecule has 1 fully saturated rings. The quantitative estimate of drug-likeness (QED) is 0.514. The van der Waals surface area contributed by atoms with Crippen molar-refractivity contribution in [3.8, 4) is 11.5 Å². The van der Waals surface area contributed by atoms with Gasteiger partial charge < -0.3 is 24.8 Å². The molecule has 6 nitrogen and oxygen atoms in total. The third-order valence-corrected chi connectivity index (χ3v) is 5.64. The van der Waals surface area contributed by atoms with Gasteiger partial charge in [0.1, 0.15) is 0 Å². The van der Waals surface area contributed by atoms with Crippen molar-refractivity contribution >= 4 is 5.96 Å². The molecule has 0 aliphatic carbocycles. The van der Waals surface area contributed by atoms with Gasteiger partial charge in [-0.15, -0.1) is 0 Å². The van der Waals surface area contributed by atoms with Crippen molar-refractivity contribution in [2.75, 3.05) is 40.5 Å². The molecule has 162 valence electrons. The molecular weight excluding hydrogens is 378 g/mol. The molecule has 1 heterocycles. The summed E-state index contributed by atoms with van der Waals surface area (Å²) in [5.41, 5.74) is 2.48. The Hall–Kier alpha value is -2.73. The molecule has 0 amide bonds. The minimum absolute atomic E-state index is 0.0546. The Morgan fingerprint density at radius 1 is 1.00 bits per heavy atom. The molecule has 0 bridgehead atoms. The molecule has 3 rings (SSSR count). The molecule has 0 radical (unpaired) electrons. The third-order valence-electron chi connectivity index (χ3n) is 5.64. The highest BCUT2D eigenvalue weighted by molar-refractivity contribution is 5.79. The number of rotatable bonds is 8. The van der Waals surface area contributed by atoms with Crippen LogP contribution in [0.4, 0.5) is 0 Å². The summed E-state index contributed by atoms with van der Waals surface area (Å²) < 4.78 is 16.4. The zero-order chi connectivity index (χ0) is 21.2. The molecule has 0 unspecified atom stereocenters. The molecule has 30 heavy (non-hydrogen) atoms. The van der Waals surface area contributed by atoms with E-state index in [9.17, 15) is 0 Å². The van der Waals surface area contributed by atoms with E-state index in [1.807, 2.05) is 18.2 Å². The fourth-order valence-electron chi connectivity index (χ4n) is 3.87. The lowest BCUT2D eigenvalue weighted by atomic mass is 9.74. The molecule has 6 heteroatoms. The number of nitrogens with one attached hydrogen (secondary N) is 2. The summed E-state index contributed by atoms with van der Waals surface area (Å²) in [7, 11) is 3.29. The van der Waals surface area contributed by atoms with Crippen LogP contribution >= 0.6 is 0 Å². The van der Waals surface area contributed by atoms with Gasteiger partial charge in [-0.25, -0.2) is 4.99 Å². The van der Waals surface area contributed by atoms with Crippen LogP contribution in [0.2, 0.25) is 0 Å². The minimum atomic E-state index is 0.0546. The maximum atomic E-state index is 5.65. The Morgan fingerprint density at radius 2 is 1.73 bits per heavy atom. The number of benzene rings is 2. The van der Waals surface area contributed by atoms with Gasteiger partial charge in [0, 0.05) is 31.7 Å². The van der Waals surface area contributed by atoms with E-state index in [1.54, 1.807) is 14.2 Å². The molecule has 2 N–H and O–H groups in total. The number of hydrogen-bond donors (Lipinski definition) is 2. The first-order chi connectivity index (χ1) is 14.7. The van der Waals surface area contributed by atoms with Crippen molar-refractivity contribution in [3.63, 3.8) is 0 Å². The zero-order valence-electron chi connectivity index (χ0n) is 18.2. The first-order valence-electron chi connectivity index (χ1n) is 10.6. The summed E-state index contributed by atoms with van der Waals surface area (Å²) in [6.45, 7) is 5.83. The van der Waals surface area contributed by atoms with E-state index in [0.29, 0.717) is 12.3 Å². The van der Waals surface area contributed by atoms with Gasteiger partial charge in [-0.3, -0.25) is 0 Å². The lowest BCUT2D eigenvalue weighted by molar-refractivity contribution is 0.0514. The van der Waals surface area contributed by atoms with Crippen LogP contribution in [0.25, 0.3) is 0 Å². The van der Waals surface area contributed by atoms with Crippen LogP contribution in [-0.4, -0.2) is 46.5 Å². The van der Waals surface area contributed by atoms with Crippen molar-refractivity contribution in [3.05, 3.63) is 59.7 Å². The summed E-state index contributed by atoms with van der Waals surface area (Å²) in [5.74, 6) is 2.25. The first kappa shape index (κ1) is 22.0. The number of nitrogens with zero attached hydrogens (tertiary/aromatic N) is 1. The molecule has 2 aromatic carbocycles. The largest absolute Gasteiger partial charge is 0.493 e. The van der Waals surface area contributed by atoms with Gasteiger partial charge in [-0.2, -0.15) is 0 Å². The minimum Gasteiger partial charge on any atom is -0.493 e. The Balaban J connectivity index is 1.72. The van der Waals surface area contributed by atoms with E-state index >= 15 is 0 Å². The average molecular weight is 412 g/mol. The molecule has 1 aliphatic rings. The van der Waals surface area contributed by atoms with E-state index in [0.717, 1.165) is 56.4 Å². The maximum absolute atomic E-state index is 5.65. The van der Waals surface area contributed by atoms with Gasteiger partial charge >= 0.3 is 0 Å². The van der Waals surface area contributed by atoms with Crippen molar-refractivity contribution in [1.82, 2.24) is 10.6 Å². The van der Waals surface area contributed by atoms with Crippen molar-refractivity contribution in [2.24, 2.45) is 4.99 Å². The Kier molecular flexibility index (Phi) is 7.97. The van der Waals surface area contributed by atoms with Crippen LogP contribution in [0.15, 0.2) is 53.5 Å². The van der Waals surface area contributed by atoms with E-state index < -0.39 is 0 Å². The molecular formula is C24H33N3O3. The van der Waals surface area contributed by atoms with Crippen LogP contribution in [-0.2, 0) is 16.7 Å². The topological polar surface area (TPSA) is 64.1 Å². The highest BCUT2D eigenvalue weighted by atomic mass is 16.5. The summed E-state index contributed by atoms with van der Waals surface area (Å²) in [6, 6.07) is 16.6. The smallest absolute Gasteiger partial charge is 0.191 e. The van der Waals surface area contributed by atoms with E-state index in [2.05, 4.69) is 47.9 Å². The Labute approximate surface area is 179 Å². The molecule has 0 atom stereocenters. The second kappa shape index (κ2) is 10.9. The van der Waals surface area contributed by atoms with Gasteiger partial charge in [0.2, 0.25) is 0 Å². The van der Waals surface area contributed by atoms with Gasteiger partial charge in [-0.1, -0.05) is 36.4 Å². The number of aliphatic imine (C=N–C) groups is 1. The predicted molar refractivity (Wildman–Crippen MR) is 121 cm³/mol. The van der Waals surface area contributed by atoms with E-state index in [1.165, 1.54) is 5.56 Å².